The zero-order chi connectivity index (χ0) is 23.2. The first-order valence-electron chi connectivity index (χ1n) is 11.2. The lowest BCUT2D eigenvalue weighted by Gasteiger charge is -2.42. The topological polar surface area (TPSA) is 118 Å². The number of rotatable bonds is 14. The van der Waals surface area contributed by atoms with E-state index in [0.717, 1.165) is 19.3 Å². The van der Waals surface area contributed by atoms with Gasteiger partial charge in [0.15, 0.2) is 18.5 Å². The van der Waals surface area contributed by atoms with E-state index >= 15 is 0 Å². The average Bonchev–Trinajstić information content (AvgIpc) is 2.69. The van der Waals surface area contributed by atoms with E-state index in [1.54, 1.807) is 0 Å². The van der Waals surface area contributed by atoms with Crippen LogP contribution in [0.4, 0.5) is 0 Å². The molecule has 180 valence electrons. The molecule has 0 bridgehead atoms. The monoisotopic (exact) mass is 446 g/mol. The molecule has 31 heavy (non-hydrogen) atoms. The molecule has 1 rings (SSSR count). The van der Waals surface area contributed by atoms with Gasteiger partial charge in [-0.05, 0) is 6.42 Å². The molecule has 1 N–H and O–H groups in total. The van der Waals surface area contributed by atoms with Crippen LogP contribution in [0.15, 0.2) is 0 Å². The molecule has 1 aliphatic heterocycles. The van der Waals surface area contributed by atoms with Gasteiger partial charge >= 0.3 is 17.9 Å². The van der Waals surface area contributed by atoms with Gasteiger partial charge in [0.1, 0.15) is 18.8 Å². The highest BCUT2D eigenvalue weighted by Crippen LogP contribution is 2.28. The van der Waals surface area contributed by atoms with Crippen LogP contribution in [0.3, 0.4) is 0 Å². The first kappa shape index (κ1) is 27.3. The second kappa shape index (κ2) is 15.2. The minimum atomic E-state index is -1.37. The van der Waals surface area contributed by atoms with Gasteiger partial charge in [-0.3, -0.25) is 14.4 Å². The van der Waals surface area contributed by atoms with Crippen LogP contribution in [0.1, 0.15) is 79.1 Å². The lowest BCUT2D eigenvalue weighted by molar-refractivity contribution is -0.306. The van der Waals surface area contributed by atoms with Crippen LogP contribution in [0.5, 0.6) is 0 Å². The zero-order valence-corrected chi connectivity index (χ0v) is 19.2. The summed E-state index contributed by atoms with van der Waals surface area (Å²) < 4.78 is 26.9. The Morgan fingerprint density at radius 2 is 1.35 bits per heavy atom. The third-order valence-electron chi connectivity index (χ3n) is 4.95. The molecular weight excluding hydrogens is 408 g/mol. The maximum Gasteiger partial charge on any atom is 0.303 e. The van der Waals surface area contributed by atoms with E-state index in [1.165, 1.54) is 52.9 Å². The highest BCUT2D eigenvalue weighted by molar-refractivity contribution is 5.67. The van der Waals surface area contributed by atoms with Crippen molar-refractivity contribution in [3.8, 4) is 0 Å². The Balaban J connectivity index is 2.68. The van der Waals surface area contributed by atoms with Gasteiger partial charge in [-0.15, -0.1) is 0 Å². The fourth-order valence-corrected chi connectivity index (χ4v) is 3.44. The highest BCUT2D eigenvalue weighted by Gasteiger charge is 2.50. The van der Waals surface area contributed by atoms with Crippen molar-refractivity contribution in [3.63, 3.8) is 0 Å². The van der Waals surface area contributed by atoms with Gasteiger partial charge in [0, 0.05) is 27.4 Å². The van der Waals surface area contributed by atoms with E-state index < -0.39 is 48.6 Å². The number of esters is 3. The van der Waals surface area contributed by atoms with E-state index in [1.807, 2.05) is 0 Å². The fraction of sp³-hybridized carbons (Fsp3) is 0.864. The SMILES string of the molecule is CCCCCCCCCCO[C@@H]1O[C@H](COC(C)=O)[C@@H](O)[C@H](OC(C)=O)[C@H]1OC(C)=O. The van der Waals surface area contributed by atoms with Crippen molar-refractivity contribution in [3.05, 3.63) is 0 Å². The Hall–Kier alpha value is -1.71. The fourth-order valence-electron chi connectivity index (χ4n) is 3.44. The van der Waals surface area contributed by atoms with Crippen LogP contribution < -0.4 is 0 Å². The van der Waals surface area contributed by atoms with Gasteiger partial charge in [0.2, 0.25) is 0 Å². The molecule has 1 fully saturated rings. The summed E-state index contributed by atoms with van der Waals surface area (Å²) in [5.74, 6) is -1.83. The van der Waals surface area contributed by atoms with E-state index in [0.29, 0.717) is 6.61 Å². The van der Waals surface area contributed by atoms with Crippen molar-refractivity contribution in [2.75, 3.05) is 13.2 Å². The molecule has 0 unspecified atom stereocenters. The molecule has 1 aliphatic rings. The highest BCUT2D eigenvalue weighted by atomic mass is 16.7. The lowest BCUT2D eigenvalue weighted by Crippen LogP contribution is -2.61. The Morgan fingerprint density at radius 1 is 0.806 bits per heavy atom. The standard InChI is InChI=1S/C22H38O9/c1-5-6-7-8-9-10-11-12-13-27-22-21(30-17(4)25)20(29-16(3)24)19(26)18(31-22)14-28-15(2)23/h18-22,26H,5-14H2,1-4H3/t18-,19-,20+,21-,22-/m1/s1. The van der Waals surface area contributed by atoms with Crippen molar-refractivity contribution in [2.45, 2.75) is 110 Å². The number of hydrogen-bond donors (Lipinski definition) is 1. The second-order valence-corrected chi connectivity index (χ2v) is 7.83. The largest absolute Gasteiger partial charge is 0.463 e. The molecule has 9 heteroatoms. The number of aliphatic hydroxyl groups excluding tert-OH is 1. The first-order valence-corrected chi connectivity index (χ1v) is 11.2. The Bertz CT molecular complexity index is 551. The van der Waals surface area contributed by atoms with E-state index in [2.05, 4.69) is 6.92 Å². The average molecular weight is 447 g/mol. The summed E-state index contributed by atoms with van der Waals surface area (Å²) in [6, 6.07) is 0. The van der Waals surface area contributed by atoms with E-state index in [-0.39, 0.29) is 6.61 Å². The van der Waals surface area contributed by atoms with E-state index in [9.17, 15) is 19.5 Å². The van der Waals surface area contributed by atoms with Crippen molar-refractivity contribution in [1.29, 1.82) is 0 Å². The van der Waals surface area contributed by atoms with Gasteiger partial charge in [-0.25, -0.2) is 0 Å². The smallest absolute Gasteiger partial charge is 0.303 e. The number of aliphatic hydroxyl groups is 1. The van der Waals surface area contributed by atoms with Crippen LogP contribution in [0.2, 0.25) is 0 Å². The van der Waals surface area contributed by atoms with Crippen LogP contribution in [0, 0.1) is 0 Å². The third-order valence-corrected chi connectivity index (χ3v) is 4.95. The minimum Gasteiger partial charge on any atom is -0.463 e. The molecule has 9 nitrogen and oxygen atoms in total. The summed E-state index contributed by atoms with van der Waals surface area (Å²) in [6.07, 6.45) is 3.27. The van der Waals surface area contributed by atoms with Gasteiger partial charge < -0.3 is 28.8 Å². The summed E-state index contributed by atoms with van der Waals surface area (Å²) in [5, 5.41) is 10.6. The van der Waals surface area contributed by atoms with Gasteiger partial charge in [0.25, 0.3) is 0 Å². The molecule has 0 aliphatic carbocycles. The Kier molecular flexibility index (Phi) is 13.4. The number of carbonyl (C=O) groups excluding carboxylic acids is 3. The minimum absolute atomic E-state index is 0.251. The number of hydrogen-bond acceptors (Lipinski definition) is 9. The van der Waals surface area contributed by atoms with Crippen LogP contribution in [-0.4, -0.2) is 66.9 Å². The molecule has 0 saturated carbocycles. The normalized spacial score (nSPS) is 25.6. The van der Waals surface area contributed by atoms with Crippen LogP contribution in [0.25, 0.3) is 0 Å². The van der Waals surface area contributed by atoms with Crippen molar-refractivity contribution < 1.29 is 43.2 Å². The molecule has 5 atom stereocenters. The predicted molar refractivity (Wildman–Crippen MR) is 111 cm³/mol. The molecule has 1 saturated heterocycles. The maximum absolute atomic E-state index is 11.6. The van der Waals surface area contributed by atoms with Crippen molar-refractivity contribution >= 4 is 17.9 Å². The van der Waals surface area contributed by atoms with E-state index in [4.69, 9.17) is 23.7 Å². The number of ether oxygens (including phenoxy) is 5. The quantitative estimate of drug-likeness (QED) is 0.244. The van der Waals surface area contributed by atoms with Crippen molar-refractivity contribution in [1.82, 2.24) is 0 Å². The summed E-state index contributed by atoms with van der Waals surface area (Å²) in [5.41, 5.74) is 0. The molecule has 0 aromatic heterocycles. The number of unbranched alkanes of at least 4 members (excludes halogenated alkanes) is 7. The summed E-state index contributed by atoms with van der Waals surface area (Å²) in [7, 11) is 0. The van der Waals surface area contributed by atoms with Gasteiger partial charge in [-0.1, -0.05) is 51.9 Å². The zero-order valence-electron chi connectivity index (χ0n) is 19.2. The third kappa shape index (κ3) is 10.9. The molecule has 0 aromatic rings. The first-order chi connectivity index (χ1) is 14.8. The molecular formula is C22H38O9. The van der Waals surface area contributed by atoms with Crippen molar-refractivity contribution in [2.24, 2.45) is 0 Å². The predicted octanol–water partition coefficient (Wildman–Crippen LogP) is 2.66. The van der Waals surface area contributed by atoms with Gasteiger partial charge in [-0.2, -0.15) is 0 Å². The Morgan fingerprint density at radius 3 is 1.90 bits per heavy atom. The summed E-state index contributed by atoms with van der Waals surface area (Å²) in [6.45, 7) is 5.91. The summed E-state index contributed by atoms with van der Waals surface area (Å²) >= 11 is 0. The van der Waals surface area contributed by atoms with Crippen LogP contribution >= 0.6 is 0 Å². The summed E-state index contributed by atoms with van der Waals surface area (Å²) in [4.78, 5) is 34.3. The van der Waals surface area contributed by atoms with Crippen LogP contribution in [-0.2, 0) is 38.1 Å². The van der Waals surface area contributed by atoms with Gasteiger partial charge in [0.05, 0.1) is 0 Å². The molecule has 0 amide bonds. The maximum atomic E-state index is 11.6. The second-order valence-electron chi connectivity index (χ2n) is 7.83. The Labute approximate surface area is 184 Å². The molecule has 0 spiro atoms. The molecule has 0 aromatic carbocycles. The molecule has 1 heterocycles. The number of carbonyl (C=O) groups is 3. The molecule has 0 radical (unpaired) electrons. The lowest BCUT2D eigenvalue weighted by atomic mass is 9.98.